The molecule has 0 radical (unpaired) electrons. The SMILES string of the molecule is COc1ccc(CN2C(=O)[C@@H]3[C@H]4OCC=C[C@H]4O[C@]3(/C=C/OC(C)=O)[C@H]2C(=O)NCc2ccccc2)cc1. The number of esters is 1. The third-order valence-electron chi connectivity index (χ3n) is 7.11. The Hall–Kier alpha value is -3.95. The molecule has 2 saturated heterocycles. The largest absolute Gasteiger partial charge is 0.497 e. The van der Waals surface area contributed by atoms with Crippen molar-refractivity contribution in [3.63, 3.8) is 0 Å². The van der Waals surface area contributed by atoms with E-state index in [-0.39, 0.29) is 24.9 Å². The van der Waals surface area contributed by atoms with Crippen molar-refractivity contribution in [2.45, 2.75) is 43.9 Å². The quantitative estimate of drug-likeness (QED) is 0.325. The number of nitrogens with zero attached hydrogens (tertiary/aromatic N) is 1. The minimum Gasteiger partial charge on any atom is -0.497 e. The summed E-state index contributed by atoms with van der Waals surface area (Å²) >= 11 is 0. The first-order chi connectivity index (χ1) is 18.4. The highest BCUT2D eigenvalue weighted by molar-refractivity contribution is 5.96. The minimum atomic E-state index is -1.41. The molecule has 0 bridgehead atoms. The van der Waals surface area contributed by atoms with E-state index >= 15 is 0 Å². The Bertz CT molecular complexity index is 1240. The number of hydrogen-bond acceptors (Lipinski definition) is 7. The zero-order valence-electron chi connectivity index (χ0n) is 21.2. The monoisotopic (exact) mass is 518 g/mol. The van der Waals surface area contributed by atoms with Gasteiger partial charge >= 0.3 is 5.97 Å². The number of carbonyl (C=O) groups excluding carboxylic acids is 3. The summed E-state index contributed by atoms with van der Waals surface area (Å²) in [7, 11) is 1.58. The molecule has 1 N–H and O–H groups in total. The Kier molecular flexibility index (Phi) is 7.31. The molecule has 38 heavy (non-hydrogen) atoms. The number of methoxy groups -OCH3 is 1. The Morgan fingerprint density at radius 2 is 1.89 bits per heavy atom. The molecule has 3 heterocycles. The third kappa shape index (κ3) is 4.82. The summed E-state index contributed by atoms with van der Waals surface area (Å²) < 4.78 is 22.8. The topological polar surface area (TPSA) is 103 Å². The lowest BCUT2D eigenvalue weighted by Crippen LogP contribution is -2.55. The van der Waals surface area contributed by atoms with E-state index in [2.05, 4.69) is 5.32 Å². The standard InChI is InChI=1S/C29H30N2O7/c1-19(32)36-16-14-29-24(25-23(38-29)9-6-15-37-25)28(34)31(18-21-10-12-22(35-2)13-11-21)26(29)27(33)30-17-20-7-4-3-5-8-20/h3-14,16,23-26H,15,17-18H2,1-2H3,(H,30,33)/b16-14+/t23-,24+,25+,26-,29+/m1/s1. The second-order valence-electron chi connectivity index (χ2n) is 9.47. The van der Waals surface area contributed by atoms with Crippen molar-refractivity contribution in [3.05, 3.63) is 90.2 Å². The first-order valence-corrected chi connectivity index (χ1v) is 12.5. The number of rotatable bonds is 8. The summed E-state index contributed by atoms with van der Waals surface area (Å²) in [5.41, 5.74) is 0.323. The van der Waals surface area contributed by atoms with Crippen LogP contribution in [0.1, 0.15) is 18.1 Å². The number of carbonyl (C=O) groups is 3. The van der Waals surface area contributed by atoms with Crippen molar-refractivity contribution >= 4 is 17.8 Å². The van der Waals surface area contributed by atoms with Crippen molar-refractivity contribution in [1.29, 1.82) is 0 Å². The van der Waals surface area contributed by atoms with Crippen molar-refractivity contribution in [2.75, 3.05) is 13.7 Å². The molecule has 5 atom stereocenters. The van der Waals surface area contributed by atoms with Gasteiger partial charge in [-0.3, -0.25) is 14.4 Å². The molecule has 0 saturated carbocycles. The number of amides is 2. The molecule has 0 aromatic heterocycles. The van der Waals surface area contributed by atoms with Crippen LogP contribution in [0.25, 0.3) is 0 Å². The molecular weight excluding hydrogens is 488 g/mol. The summed E-state index contributed by atoms with van der Waals surface area (Å²) in [5.74, 6) is -1.30. The zero-order valence-corrected chi connectivity index (χ0v) is 21.2. The lowest BCUT2D eigenvalue weighted by Gasteiger charge is -2.34. The summed E-state index contributed by atoms with van der Waals surface area (Å²) in [5, 5.41) is 2.98. The second kappa shape index (κ2) is 10.8. The van der Waals surface area contributed by atoms with Gasteiger partial charge in [-0.2, -0.15) is 0 Å². The van der Waals surface area contributed by atoms with Gasteiger partial charge in [-0.15, -0.1) is 0 Å². The predicted octanol–water partition coefficient (Wildman–Crippen LogP) is 2.51. The van der Waals surface area contributed by atoms with Crippen molar-refractivity contribution in [1.82, 2.24) is 10.2 Å². The normalized spacial score (nSPS) is 27.7. The van der Waals surface area contributed by atoms with Gasteiger partial charge in [-0.1, -0.05) is 54.6 Å². The molecule has 2 aromatic rings. The van der Waals surface area contributed by atoms with E-state index in [1.807, 2.05) is 54.6 Å². The number of hydrogen-bond donors (Lipinski definition) is 1. The molecule has 2 amide bonds. The molecule has 2 aromatic carbocycles. The first kappa shape index (κ1) is 25.7. The van der Waals surface area contributed by atoms with Gasteiger partial charge in [-0.05, 0) is 29.3 Å². The van der Waals surface area contributed by atoms with Crippen LogP contribution in [-0.2, 0) is 41.7 Å². The number of nitrogens with one attached hydrogen (secondary N) is 1. The smallest absolute Gasteiger partial charge is 0.307 e. The van der Waals surface area contributed by atoms with E-state index in [0.29, 0.717) is 12.4 Å². The average molecular weight is 519 g/mol. The first-order valence-electron chi connectivity index (χ1n) is 12.5. The molecular formula is C29H30N2O7. The fourth-order valence-electron chi connectivity index (χ4n) is 5.43. The van der Waals surface area contributed by atoms with Gasteiger partial charge < -0.3 is 29.2 Å². The highest BCUT2D eigenvalue weighted by Gasteiger charge is 2.70. The van der Waals surface area contributed by atoms with Crippen LogP contribution in [0, 0.1) is 5.92 Å². The summed E-state index contributed by atoms with van der Waals surface area (Å²) in [4.78, 5) is 41.0. The van der Waals surface area contributed by atoms with E-state index in [1.54, 1.807) is 19.2 Å². The Labute approximate surface area is 221 Å². The van der Waals surface area contributed by atoms with Gasteiger partial charge in [0.2, 0.25) is 11.8 Å². The fraction of sp³-hybridized carbons (Fsp3) is 0.345. The molecule has 0 spiro atoms. The van der Waals surface area contributed by atoms with Crippen molar-refractivity contribution in [3.8, 4) is 5.75 Å². The Morgan fingerprint density at radius 1 is 1.13 bits per heavy atom. The third-order valence-corrected chi connectivity index (χ3v) is 7.11. The van der Waals surface area contributed by atoms with Gasteiger partial charge in [0.1, 0.15) is 35.5 Å². The summed E-state index contributed by atoms with van der Waals surface area (Å²) in [6.45, 7) is 2.06. The van der Waals surface area contributed by atoms with Crippen LogP contribution in [0.15, 0.2) is 79.1 Å². The van der Waals surface area contributed by atoms with E-state index in [1.165, 1.54) is 24.2 Å². The molecule has 9 heteroatoms. The Morgan fingerprint density at radius 3 is 2.61 bits per heavy atom. The van der Waals surface area contributed by atoms with Crippen LogP contribution in [0.3, 0.4) is 0 Å². The zero-order chi connectivity index (χ0) is 26.7. The van der Waals surface area contributed by atoms with Crippen LogP contribution in [0.2, 0.25) is 0 Å². The maximum absolute atomic E-state index is 14.1. The number of likely N-dealkylation sites (tertiary alicyclic amines) is 1. The van der Waals surface area contributed by atoms with Gasteiger partial charge in [0.25, 0.3) is 0 Å². The maximum atomic E-state index is 14.1. The summed E-state index contributed by atoms with van der Waals surface area (Å²) in [6, 6.07) is 15.8. The van der Waals surface area contributed by atoms with Gasteiger partial charge in [-0.25, -0.2) is 0 Å². The van der Waals surface area contributed by atoms with Crippen LogP contribution in [0.4, 0.5) is 0 Å². The molecule has 2 fully saturated rings. The van der Waals surface area contributed by atoms with E-state index in [0.717, 1.165) is 11.1 Å². The van der Waals surface area contributed by atoms with Crippen LogP contribution >= 0.6 is 0 Å². The number of ether oxygens (including phenoxy) is 4. The molecule has 3 aliphatic heterocycles. The minimum absolute atomic E-state index is 0.169. The van der Waals surface area contributed by atoms with Gasteiger partial charge in [0.05, 0.1) is 20.0 Å². The molecule has 0 unspecified atom stereocenters. The Balaban J connectivity index is 1.53. The van der Waals surface area contributed by atoms with Gasteiger partial charge in [0.15, 0.2) is 0 Å². The van der Waals surface area contributed by atoms with E-state index in [4.69, 9.17) is 18.9 Å². The highest BCUT2D eigenvalue weighted by atomic mass is 16.6. The maximum Gasteiger partial charge on any atom is 0.307 e. The predicted molar refractivity (Wildman–Crippen MR) is 137 cm³/mol. The van der Waals surface area contributed by atoms with Crippen LogP contribution in [-0.4, -0.2) is 60.3 Å². The lowest BCUT2D eigenvalue weighted by atomic mass is 9.82. The molecule has 9 nitrogen and oxygen atoms in total. The lowest BCUT2D eigenvalue weighted by molar-refractivity contribution is -0.143. The van der Waals surface area contributed by atoms with Crippen molar-refractivity contribution in [2.24, 2.45) is 5.92 Å². The van der Waals surface area contributed by atoms with Gasteiger partial charge in [0, 0.05) is 20.0 Å². The average Bonchev–Trinajstić information content (AvgIpc) is 3.37. The molecule has 0 aliphatic carbocycles. The molecule has 3 aliphatic rings. The highest BCUT2D eigenvalue weighted by Crippen LogP contribution is 2.50. The van der Waals surface area contributed by atoms with Crippen LogP contribution < -0.4 is 10.1 Å². The van der Waals surface area contributed by atoms with E-state index < -0.39 is 35.7 Å². The van der Waals surface area contributed by atoms with Crippen LogP contribution in [0.5, 0.6) is 5.75 Å². The molecule has 198 valence electrons. The number of fused-ring (bicyclic) bond motifs is 3. The molecule has 5 rings (SSSR count). The van der Waals surface area contributed by atoms with E-state index in [9.17, 15) is 14.4 Å². The summed E-state index contributed by atoms with van der Waals surface area (Å²) in [6.07, 6.45) is 5.31. The fourth-order valence-corrected chi connectivity index (χ4v) is 5.43. The number of benzene rings is 2. The second-order valence-corrected chi connectivity index (χ2v) is 9.47. The van der Waals surface area contributed by atoms with Crippen molar-refractivity contribution < 1.29 is 33.3 Å².